The van der Waals surface area contributed by atoms with Gasteiger partial charge in [0.1, 0.15) is 6.04 Å². The van der Waals surface area contributed by atoms with Gasteiger partial charge in [-0.2, -0.15) is 0 Å². The largest absolute Gasteiger partial charge is 0.466 e. The van der Waals surface area contributed by atoms with Crippen LogP contribution in [-0.2, 0) is 9.53 Å². The third kappa shape index (κ3) is 4.66. The molecule has 0 spiro atoms. The van der Waals surface area contributed by atoms with Crippen LogP contribution in [0.3, 0.4) is 0 Å². The summed E-state index contributed by atoms with van der Waals surface area (Å²) < 4.78 is 4.80. The first-order valence-electron chi connectivity index (χ1n) is 6.34. The molecule has 0 aromatic heterocycles. The molecule has 1 unspecified atom stereocenters. The van der Waals surface area contributed by atoms with Crippen LogP contribution in [0, 0.1) is 12.3 Å². The molecule has 1 rings (SSSR count). The summed E-state index contributed by atoms with van der Waals surface area (Å²) in [7, 11) is 0. The average Bonchev–Trinajstić information content (AvgIpc) is 2.39. The fraction of sp³-hybridized carbons (Fsp3) is 0.692. The summed E-state index contributed by atoms with van der Waals surface area (Å²) in [5, 5.41) is 2.68. The molecule has 1 saturated heterocycles. The fourth-order valence-corrected chi connectivity index (χ4v) is 1.88. The summed E-state index contributed by atoms with van der Waals surface area (Å²) in [4.78, 5) is 24.9. The summed E-state index contributed by atoms with van der Waals surface area (Å²) in [6.45, 7) is 3.55. The Hall–Kier alpha value is -1.70. The molecule has 1 heterocycles. The van der Waals surface area contributed by atoms with E-state index in [2.05, 4.69) is 11.2 Å². The monoisotopic (exact) mass is 252 g/mol. The predicted molar refractivity (Wildman–Crippen MR) is 67.8 cm³/mol. The molecule has 2 amide bonds. The third-order valence-electron chi connectivity index (χ3n) is 2.82. The van der Waals surface area contributed by atoms with Crippen molar-refractivity contribution >= 4 is 12.0 Å². The van der Waals surface area contributed by atoms with Gasteiger partial charge in [-0.25, -0.2) is 4.79 Å². The first kappa shape index (κ1) is 14.4. The minimum absolute atomic E-state index is 0.0178. The highest BCUT2D eigenvalue weighted by Crippen LogP contribution is 2.09. The third-order valence-corrected chi connectivity index (χ3v) is 2.82. The highest BCUT2D eigenvalue weighted by Gasteiger charge is 2.20. The first-order chi connectivity index (χ1) is 8.67. The van der Waals surface area contributed by atoms with Crippen molar-refractivity contribution in [1.29, 1.82) is 0 Å². The van der Waals surface area contributed by atoms with Crippen LogP contribution in [0.15, 0.2) is 0 Å². The molecule has 0 bridgehead atoms. The summed E-state index contributed by atoms with van der Waals surface area (Å²) in [5.41, 5.74) is 0. The molecule has 0 aromatic carbocycles. The lowest BCUT2D eigenvalue weighted by Crippen LogP contribution is -2.47. The van der Waals surface area contributed by atoms with E-state index < -0.39 is 6.04 Å². The zero-order valence-corrected chi connectivity index (χ0v) is 10.8. The first-order valence-corrected chi connectivity index (χ1v) is 6.34. The number of likely N-dealkylation sites (tertiary alicyclic amines) is 1. The van der Waals surface area contributed by atoms with Crippen molar-refractivity contribution in [2.24, 2.45) is 0 Å². The lowest BCUT2D eigenvalue weighted by molar-refractivity contribution is -0.143. The molecule has 0 saturated carbocycles. The van der Waals surface area contributed by atoms with Gasteiger partial charge in [-0.3, -0.25) is 4.79 Å². The number of piperidine rings is 1. The quantitative estimate of drug-likeness (QED) is 0.603. The van der Waals surface area contributed by atoms with E-state index in [-0.39, 0.29) is 18.4 Å². The number of terminal acetylenes is 1. The van der Waals surface area contributed by atoms with Crippen LogP contribution < -0.4 is 5.32 Å². The number of urea groups is 1. The average molecular weight is 252 g/mol. The van der Waals surface area contributed by atoms with Crippen LogP contribution >= 0.6 is 0 Å². The van der Waals surface area contributed by atoms with Crippen molar-refractivity contribution in [3.05, 3.63) is 0 Å². The normalized spacial score (nSPS) is 16.6. The number of nitrogens with one attached hydrogen (secondary N) is 1. The Bertz CT molecular complexity index is 330. The minimum atomic E-state index is -0.599. The molecule has 0 aliphatic carbocycles. The van der Waals surface area contributed by atoms with Crippen LogP contribution in [0.25, 0.3) is 0 Å². The Morgan fingerprint density at radius 1 is 1.39 bits per heavy atom. The number of rotatable bonds is 4. The van der Waals surface area contributed by atoms with Gasteiger partial charge >= 0.3 is 12.0 Å². The molecule has 5 heteroatoms. The maximum absolute atomic E-state index is 11.9. The summed E-state index contributed by atoms with van der Waals surface area (Å²) in [6, 6.07) is -0.791. The lowest BCUT2D eigenvalue weighted by atomic mass is 10.1. The molecular formula is C13H20N2O3. The van der Waals surface area contributed by atoms with Gasteiger partial charge in [-0.05, 0) is 26.2 Å². The van der Waals surface area contributed by atoms with Crippen molar-refractivity contribution < 1.29 is 14.3 Å². The molecule has 1 aliphatic heterocycles. The van der Waals surface area contributed by atoms with E-state index in [1.807, 2.05) is 0 Å². The second-order valence-corrected chi connectivity index (χ2v) is 4.23. The molecule has 1 fully saturated rings. The summed E-state index contributed by atoms with van der Waals surface area (Å²) in [6.07, 6.45) is 8.52. The van der Waals surface area contributed by atoms with E-state index in [1.54, 1.807) is 11.8 Å². The van der Waals surface area contributed by atoms with Crippen LogP contribution in [0.4, 0.5) is 4.79 Å². The van der Waals surface area contributed by atoms with Gasteiger partial charge in [0, 0.05) is 13.1 Å². The Morgan fingerprint density at radius 3 is 2.61 bits per heavy atom. The van der Waals surface area contributed by atoms with Gasteiger partial charge in [0.25, 0.3) is 0 Å². The Kier molecular flexibility index (Phi) is 6.06. The second kappa shape index (κ2) is 7.59. The maximum Gasteiger partial charge on any atom is 0.318 e. The van der Waals surface area contributed by atoms with Gasteiger partial charge in [0.05, 0.1) is 13.0 Å². The lowest BCUT2D eigenvalue weighted by Gasteiger charge is -2.28. The molecule has 100 valence electrons. The van der Waals surface area contributed by atoms with E-state index in [0.717, 1.165) is 32.4 Å². The number of hydrogen-bond acceptors (Lipinski definition) is 3. The zero-order valence-electron chi connectivity index (χ0n) is 10.8. The van der Waals surface area contributed by atoms with E-state index in [1.165, 1.54) is 0 Å². The minimum Gasteiger partial charge on any atom is -0.466 e. The van der Waals surface area contributed by atoms with Gasteiger partial charge in [-0.15, -0.1) is 6.42 Å². The number of hydrogen-bond donors (Lipinski definition) is 1. The maximum atomic E-state index is 11.9. The predicted octanol–water partition coefficient (Wildman–Crippen LogP) is 1.14. The molecule has 1 atom stereocenters. The number of carbonyl (C=O) groups excluding carboxylic acids is 2. The van der Waals surface area contributed by atoms with Gasteiger partial charge in [0.2, 0.25) is 0 Å². The number of esters is 1. The Labute approximate surface area is 108 Å². The Morgan fingerprint density at radius 2 is 2.06 bits per heavy atom. The van der Waals surface area contributed by atoms with Crippen LogP contribution in [0.1, 0.15) is 32.6 Å². The number of ether oxygens (including phenoxy) is 1. The molecule has 1 aliphatic rings. The topological polar surface area (TPSA) is 58.6 Å². The molecule has 0 aromatic rings. The fourth-order valence-electron chi connectivity index (χ4n) is 1.88. The number of amides is 2. The van der Waals surface area contributed by atoms with Crippen LogP contribution in [-0.4, -0.2) is 42.6 Å². The van der Waals surface area contributed by atoms with Crippen molar-refractivity contribution in [3.8, 4) is 12.3 Å². The van der Waals surface area contributed by atoms with Crippen molar-refractivity contribution in [2.45, 2.75) is 38.6 Å². The van der Waals surface area contributed by atoms with Crippen molar-refractivity contribution in [1.82, 2.24) is 10.2 Å². The van der Waals surface area contributed by atoms with E-state index >= 15 is 0 Å². The zero-order chi connectivity index (χ0) is 13.4. The van der Waals surface area contributed by atoms with Gasteiger partial charge in [-0.1, -0.05) is 5.92 Å². The van der Waals surface area contributed by atoms with Gasteiger partial charge < -0.3 is 15.0 Å². The number of nitrogens with zero attached hydrogens (tertiary/aromatic N) is 1. The molecular weight excluding hydrogens is 232 g/mol. The van der Waals surface area contributed by atoms with Crippen LogP contribution in [0.2, 0.25) is 0 Å². The van der Waals surface area contributed by atoms with Crippen molar-refractivity contribution in [3.63, 3.8) is 0 Å². The van der Waals surface area contributed by atoms with E-state index in [4.69, 9.17) is 11.2 Å². The van der Waals surface area contributed by atoms with E-state index in [9.17, 15) is 9.59 Å². The SMILES string of the molecule is C#CC(CC(=O)OCC)NC(=O)N1CCCCC1. The highest BCUT2D eigenvalue weighted by molar-refractivity contribution is 5.77. The summed E-state index contributed by atoms with van der Waals surface area (Å²) >= 11 is 0. The smallest absolute Gasteiger partial charge is 0.318 e. The standard InChI is InChI=1S/C13H20N2O3/c1-3-11(10-12(16)18-4-2)14-13(17)15-8-6-5-7-9-15/h1,11H,4-10H2,2H3,(H,14,17). The van der Waals surface area contributed by atoms with Crippen LogP contribution in [0.5, 0.6) is 0 Å². The second-order valence-electron chi connectivity index (χ2n) is 4.23. The molecule has 5 nitrogen and oxygen atoms in total. The Balaban J connectivity index is 2.39. The van der Waals surface area contributed by atoms with Gasteiger partial charge in [0.15, 0.2) is 0 Å². The molecule has 1 N–H and O–H groups in total. The highest BCUT2D eigenvalue weighted by atomic mass is 16.5. The number of carbonyl (C=O) groups is 2. The molecule has 0 radical (unpaired) electrons. The van der Waals surface area contributed by atoms with E-state index in [0.29, 0.717) is 6.61 Å². The van der Waals surface area contributed by atoms with Crippen molar-refractivity contribution in [2.75, 3.05) is 19.7 Å². The summed E-state index contributed by atoms with van der Waals surface area (Å²) in [5.74, 6) is 2.01. The molecule has 18 heavy (non-hydrogen) atoms.